The summed E-state index contributed by atoms with van der Waals surface area (Å²) in [5.41, 5.74) is 1.81. The third-order valence-electron chi connectivity index (χ3n) is 5.40. The summed E-state index contributed by atoms with van der Waals surface area (Å²) in [4.78, 5) is 18.0. The zero-order valence-electron chi connectivity index (χ0n) is 15.2. The maximum atomic E-state index is 14.7. The van der Waals surface area contributed by atoms with Crippen LogP contribution in [0.15, 0.2) is 54.6 Å². The highest BCUT2D eigenvalue weighted by Crippen LogP contribution is 2.34. The van der Waals surface area contributed by atoms with Gasteiger partial charge >= 0.3 is 5.97 Å². The zero-order valence-corrected chi connectivity index (χ0v) is 15.2. The summed E-state index contributed by atoms with van der Waals surface area (Å²) >= 11 is 0. The summed E-state index contributed by atoms with van der Waals surface area (Å²) in [6.45, 7) is 1.01. The molecule has 3 aromatic rings. The minimum Gasteiger partial charge on any atom is -0.481 e. The number of nitrogens with zero attached hydrogens (tertiary/aromatic N) is 2. The largest absolute Gasteiger partial charge is 0.481 e. The Morgan fingerprint density at radius 2 is 1.82 bits per heavy atom. The maximum Gasteiger partial charge on any atom is 0.306 e. The summed E-state index contributed by atoms with van der Waals surface area (Å²) in [5, 5.41) is 10.2. The van der Waals surface area contributed by atoms with E-state index < -0.39 is 23.6 Å². The SMILES string of the molecule is O=C(O)C1CCN(C(c2ccc3ccccc3n2)c2ccc(F)cc2F)CC1. The molecule has 6 heteroatoms. The molecule has 0 radical (unpaired) electrons. The number of pyridine rings is 1. The summed E-state index contributed by atoms with van der Waals surface area (Å²) in [6, 6.07) is 14.6. The number of piperidine rings is 1. The van der Waals surface area contributed by atoms with Gasteiger partial charge in [-0.1, -0.05) is 30.3 Å². The molecule has 144 valence electrons. The molecule has 28 heavy (non-hydrogen) atoms. The molecule has 1 saturated heterocycles. The van der Waals surface area contributed by atoms with Crippen LogP contribution in [-0.2, 0) is 4.79 Å². The molecular weight excluding hydrogens is 362 g/mol. The number of fused-ring (bicyclic) bond motifs is 1. The number of hydrogen-bond acceptors (Lipinski definition) is 3. The van der Waals surface area contributed by atoms with Crippen LogP contribution in [0.4, 0.5) is 8.78 Å². The van der Waals surface area contributed by atoms with Gasteiger partial charge in [0, 0.05) is 17.0 Å². The molecule has 1 fully saturated rings. The van der Waals surface area contributed by atoms with E-state index >= 15 is 0 Å². The average molecular weight is 382 g/mol. The average Bonchev–Trinajstić information content (AvgIpc) is 2.70. The predicted octanol–water partition coefficient (Wildman–Crippen LogP) is 4.40. The fourth-order valence-corrected chi connectivity index (χ4v) is 3.91. The van der Waals surface area contributed by atoms with E-state index in [2.05, 4.69) is 0 Å². The Labute approximate surface area is 161 Å². The van der Waals surface area contributed by atoms with Gasteiger partial charge in [0.05, 0.1) is 23.2 Å². The van der Waals surface area contributed by atoms with E-state index in [-0.39, 0.29) is 5.92 Å². The smallest absolute Gasteiger partial charge is 0.306 e. The quantitative estimate of drug-likeness (QED) is 0.727. The Bertz CT molecular complexity index is 1020. The van der Waals surface area contributed by atoms with E-state index in [1.165, 1.54) is 12.1 Å². The fraction of sp³-hybridized carbons (Fsp3) is 0.273. The van der Waals surface area contributed by atoms with Gasteiger partial charge in [-0.05, 0) is 44.1 Å². The molecule has 0 aliphatic carbocycles. The molecule has 1 atom stereocenters. The molecule has 1 aromatic heterocycles. The number of carboxylic acids is 1. The van der Waals surface area contributed by atoms with Crippen molar-refractivity contribution in [2.45, 2.75) is 18.9 Å². The monoisotopic (exact) mass is 382 g/mol. The van der Waals surface area contributed by atoms with Crippen LogP contribution < -0.4 is 0 Å². The molecule has 1 N–H and O–H groups in total. The number of carbonyl (C=O) groups is 1. The van der Waals surface area contributed by atoms with Crippen LogP contribution in [0.25, 0.3) is 10.9 Å². The highest BCUT2D eigenvalue weighted by atomic mass is 19.1. The number of benzene rings is 2. The first-order chi connectivity index (χ1) is 13.5. The van der Waals surface area contributed by atoms with Crippen molar-refractivity contribution in [3.05, 3.63) is 77.5 Å². The maximum absolute atomic E-state index is 14.7. The number of hydrogen-bond donors (Lipinski definition) is 1. The van der Waals surface area contributed by atoms with Crippen LogP contribution in [0.3, 0.4) is 0 Å². The van der Waals surface area contributed by atoms with Gasteiger partial charge in [-0.3, -0.25) is 14.7 Å². The first kappa shape index (κ1) is 18.5. The first-order valence-corrected chi connectivity index (χ1v) is 9.30. The van der Waals surface area contributed by atoms with E-state index in [1.807, 2.05) is 41.3 Å². The molecule has 4 rings (SSSR count). The Kier molecular flexibility index (Phi) is 5.05. The number of halogens is 2. The molecule has 2 heterocycles. The van der Waals surface area contributed by atoms with Crippen LogP contribution in [-0.4, -0.2) is 34.0 Å². The van der Waals surface area contributed by atoms with Crippen molar-refractivity contribution in [2.24, 2.45) is 5.92 Å². The van der Waals surface area contributed by atoms with Crippen molar-refractivity contribution in [1.82, 2.24) is 9.88 Å². The van der Waals surface area contributed by atoms with Gasteiger partial charge in [0.1, 0.15) is 11.6 Å². The number of aromatic nitrogens is 1. The van der Waals surface area contributed by atoms with E-state index in [9.17, 15) is 18.7 Å². The number of aliphatic carboxylic acids is 1. The topological polar surface area (TPSA) is 53.4 Å². The highest BCUT2D eigenvalue weighted by molar-refractivity contribution is 5.78. The zero-order chi connectivity index (χ0) is 19.7. The van der Waals surface area contributed by atoms with Crippen molar-refractivity contribution < 1.29 is 18.7 Å². The van der Waals surface area contributed by atoms with Gasteiger partial charge in [-0.2, -0.15) is 0 Å². The third-order valence-corrected chi connectivity index (χ3v) is 5.40. The molecule has 1 unspecified atom stereocenters. The Hall–Kier alpha value is -2.86. The second-order valence-electron chi connectivity index (χ2n) is 7.15. The molecule has 1 aliphatic rings. The second-order valence-corrected chi connectivity index (χ2v) is 7.15. The predicted molar refractivity (Wildman–Crippen MR) is 102 cm³/mol. The summed E-state index contributed by atoms with van der Waals surface area (Å²) < 4.78 is 28.1. The Morgan fingerprint density at radius 3 is 2.54 bits per heavy atom. The number of carboxylic acid groups (broad SMARTS) is 1. The Morgan fingerprint density at radius 1 is 1.07 bits per heavy atom. The molecule has 4 nitrogen and oxygen atoms in total. The van der Waals surface area contributed by atoms with Crippen molar-refractivity contribution >= 4 is 16.9 Å². The van der Waals surface area contributed by atoms with Gasteiger partial charge in [-0.15, -0.1) is 0 Å². The number of para-hydroxylation sites is 1. The van der Waals surface area contributed by atoms with E-state index in [0.29, 0.717) is 37.2 Å². The minimum absolute atomic E-state index is 0.345. The lowest BCUT2D eigenvalue weighted by molar-refractivity contribution is -0.143. The standard InChI is InChI=1S/C22H20F2N2O2/c23-16-6-7-17(18(24)13-16)21(26-11-9-15(10-12-26)22(27)28)20-8-5-14-3-1-2-4-19(14)25-20/h1-8,13,15,21H,9-12H2,(H,27,28). The van der Waals surface area contributed by atoms with Crippen molar-refractivity contribution in [1.29, 1.82) is 0 Å². The van der Waals surface area contributed by atoms with E-state index in [0.717, 1.165) is 17.0 Å². The molecule has 1 aliphatic heterocycles. The van der Waals surface area contributed by atoms with Gasteiger partial charge in [-0.25, -0.2) is 8.78 Å². The van der Waals surface area contributed by atoms with E-state index in [1.54, 1.807) is 0 Å². The lowest BCUT2D eigenvalue weighted by Crippen LogP contribution is -2.39. The van der Waals surface area contributed by atoms with Crippen LogP contribution in [0.5, 0.6) is 0 Å². The van der Waals surface area contributed by atoms with Crippen LogP contribution in [0.2, 0.25) is 0 Å². The summed E-state index contributed by atoms with van der Waals surface area (Å²) in [7, 11) is 0. The first-order valence-electron chi connectivity index (χ1n) is 9.30. The number of rotatable bonds is 4. The van der Waals surface area contributed by atoms with Crippen molar-refractivity contribution in [3.8, 4) is 0 Å². The molecule has 0 bridgehead atoms. The molecule has 0 spiro atoms. The van der Waals surface area contributed by atoms with Gasteiger partial charge in [0.2, 0.25) is 0 Å². The third kappa shape index (κ3) is 3.60. The number of likely N-dealkylation sites (tertiary alicyclic amines) is 1. The summed E-state index contributed by atoms with van der Waals surface area (Å²) in [5.74, 6) is -2.44. The van der Waals surface area contributed by atoms with Crippen LogP contribution in [0, 0.1) is 17.6 Å². The van der Waals surface area contributed by atoms with Gasteiger partial charge in [0.15, 0.2) is 0 Å². The van der Waals surface area contributed by atoms with Gasteiger partial charge < -0.3 is 5.11 Å². The van der Waals surface area contributed by atoms with Crippen molar-refractivity contribution in [3.63, 3.8) is 0 Å². The van der Waals surface area contributed by atoms with Crippen LogP contribution >= 0.6 is 0 Å². The normalized spacial score (nSPS) is 16.9. The van der Waals surface area contributed by atoms with Crippen LogP contribution in [0.1, 0.15) is 30.1 Å². The summed E-state index contributed by atoms with van der Waals surface area (Å²) in [6.07, 6.45) is 0.977. The molecule has 2 aromatic carbocycles. The second kappa shape index (κ2) is 7.64. The molecule has 0 saturated carbocycles. The fourth-order valence-electron chi connectivity index (χ4n) is 3.91. The van der Waals surface area contributed by atoms with Crippen molar-refractivity contribution in [2.75, 3.05) is 13.1 Å². The van der Waals surface area contributed by atoms with Gasteiger partial charge in [0.25, 0.3) is 0 Å². The lowest BCUT2D eigenvalue weighted by atomic mass is 9.92. The molecular formula is C22H20F2N2O2. The Balaban J connectivity index is 1.75. The van der Waals surface area contributed by atoms with E-state index in [4.69, 9.17) is 4.98 Å². The minimum atomic E-state index is -0.798. The highest BCUT2D eigenvalue weighted by Gasteiger charge is 2.32. The molecule has 0 amide bonds. The lowest BCUT2D eigenvalue weighted by Gasteiger charge is -2.36.